The second-order valence-corrected chi connectivity index (χ2v) is 6.69. The number of amides is 3. The minimum absolute atomic E-state index is 0.102. The number of nitrogens with zero attached hydrogens (tertiary/aromatic N) is 2. The van der Waals surface area contributed by atoms with Crippen LogP contribution in [0.3, 0.4) is 0 Å². The summed E-state index contributed by atoms with van der Waals surface area (Å²) < 4.78 is 0. The van der Waals surface area contributed by atoms with Gasteiger partial charge in [0.1, 0.15) is 10.5 Å². The summed E-state index contributed by atoms with van der Waals surface area (Å²) in [6, 6.07) is -0.289. The molecule has 7 heteroatoms. The average molecular weight is 294 g/mol. The molecule has 20 heavy (non-hydrogen) atoms. The van der Waals surface area contributed by atoms with E-state index in [1.54, 1.807) is 11.3 Å². The van der Waals surface area contributed by atoms with Crippen LogP contribution in [0.15, 0.2) is 0 Å². The van der Waals surface area contributed by atoms with Gasteiger partial charge in [0.15, 0.2) is 0 Å². The van der Waals surface area contributed by atoms with Crippen LogP contribution in [0.25, 0.3) is 0 Å². The van der Waals surface area contributed by atoms with Gasteiger partial charge in [-0.15, -0.1) is 11.3 Å². The molecule has 2 aliphatic heterocycles. The lowest BCUT2D eigenvalue weighted by Crippen LogP contribution is -2.53. The molecule has 1 spiro atoms. The summed E-state index contributed by atoms with van der Waals surface area (Å²) in [5.74, 6) is -0.102. The largest absolute Gasteiger partial charge is 0.325 e. The Morgan fingerprint density at radius 2 is 2.00 bits per heavy atom. The van der Waals surface area contributed by atoms with Crippen LogP contribution >= 0.6 is 11.3 Å². The molecule has 3 amide bonds. The van der Waals surface area contributed by atoms with Gasteiger partial charge in [0.25, 0.3) is 5.91 Å². The summed E-state index contributed by atoms with van der Waals surface area (Å²) in [7, 11) is 0. The highest BCUT2D eigenvalue weighted by Crippen LogP contribution is 2.29. The van der Waals surface area contributed by atoms with Crippen LogP contribution in [0.1, 0.15) is 28.4 Å². The van der Waals surface area contributed by atoms with Gasteiger partial charge in [-0.1, -0.05) is 0 Å². The van der Waals surface area contributed by atoms with Crippen LogP contribution in [0.4, 0.5) is 4.79 Å². The molecule has 6 nitrogen and oxygen atoms in total. The minimum atomic E-state index is -0.691. The van der Waals surface area contributed by atoms with Crippen molar-refractivity contribution in [2.75, 3.05) is 13.1 Å². The highest BCUT2D eigenvalue weighted by atomic mass is 32.1. The zero-order valence-corrected chi connectivity index (χ0v) is 12.5. The van der Waals surface area contributed by atoms with Crippen molar-refractivity contribution in [2.45, 2.75) is 38.8 Å². The Balaban J connectivity index is 1.80. The molecule has 2 fully saturated rings. The highest BCUT2D eigenvalue weighted by Gasteiger charge is 2.51. The Morgan fingerprint density at radius 1 is 1.30 bits per heavy atom. The molecule has 0 atom stereocenters. The maximum atomic E-state index is 12.6. The van der Waals surface area contributed by atoms with Crippen molar-refractivity contribution in [1.82, 2.24) is 20.5 Å². The molecule has 2 saturated heterocycles. The number of urea groups is 1. The summed E-state index contributed by atoms with van der Waals surface area (Å²) in [4.78, 5) is 31.5. The Hall–Kier alpha value is -1.47. The fraction of sp³-hybridized carbons (Fsp3) is 0.615. The van der Waals surface area contributed by atoms with E-state index in [0.717, 1.165) is 28.7 Å². The first-order valence-corrected chi connectivity index (χ1v) is 7.61. The number of nitrogens with one attached hydrogen (secondary N) is 2. The summed E-state index contributed by atoms with van der Waals surface area (Å²) in [6.07, 6.45) is 1.31. The van der Waals surface area contributed by atoms with Crippen molar-refractivity contribution in [3.63, 3.8) is 0 Å². The molecule has 0 unspecified atom stereocenters. The monoisotopic (exact) mass is 294 g/mol. The van der Waals surface area contributed by atoms with E-state index in [1.807, 2.05) is 13.8 Å². The van der Waals surface area contributed by atoms with Crippen molar-refractivity contribution in [3.8, 4) is 0 Å². The normalized spacial score (nSPS) is 21.6. The molecule has 0 saturated carbocycles. The van der Waals surface area contributed by atoms with E-state index >= 15 is 0 Å². The van der Waals surface area contributed by atoms with E-state index in [-0.39, 0.29) is 18.5 Å². The maximum absolute atomic E-state index is 12.6. The molecule has 3 rings (SSSR count). The number of carbonyl (C=O) groups excluding carboxylic acids is 2. The van der Waals surface area contributed by atoms with Crippen LogP contribution in [-0.4, -0.2) is 40.5 Å². The van der Waals surface area contributed by atoms with Crippen molar-refractivity contribution in [2.24, 2.45) is 0 Å². The predicted molar refractivity (Wildman–Crippen MR) is 75.5 cm³/mol. The molecule has 108 valence electrons. The van der Waals surface area contributed by atoms with Crippen LogP contribution < -0.4 is 10.6 Å². The van der Waals surface area contributed by atoms with Gasteiger partial charge < -0.3 is 10.6 Å². The van der Waals surface area contributed by atoms with Crippen molar-refractivity contribution < 1.29 is 9.59 Å². The minimum Gasteiger partial charge on any atom is -0.323 e. The smallest absolute Gasteiger partial charge is 0.323 e. The number of hydrogen-bond donors (Lipinski definition) is 2. The van der Waals surface area contributed by atoms with E-state index in [0.29, 0.717) is 12.8 Å². The molecule has 0 radical (unpaired) electrons. The lowest BCUT2D eigenvalue weighted by atomic mass is 9.88. The van der Waals surface area contributed by atoms with E-state index in [1.165, 1.54) is 4.90 Å². The number of hydrogen-bond acceptors (Lipinski definition) is 5. The maximum Gasteiger partial charge on any atom is 0.325 e. The van der Waals surface area contributed by atoms with Gasteiger partial charge >= 0.3 is 6.03 Å². The number of thiazole rings is 1. The van der Waals surface area contributed by atoms with Crippen LogP contribution in [-0.2, 0) is 11.3 Å². The highest BCUT2D eigenvalue weighted by molar-refractivity contribution is 7.11. The lowest BCUT2D eigenvalue weighted by molar-refractivity contribution is -0.132. The van der Waals surface area contributed by atoms with Crippen molar-refractivity contribution in [1.29, 1.82) is 0 Å². The van der Waals surface area contributed by atoms with Crippen LogP contribution in [0.2, 0.25) is 0 Å². The van der Waals surface area contributed by atoms with E-state index in [9.17, 15) is 9.59 Å². The van der Waals surface area contributed by atoms with Gasteiger partial charge in [0.2, 0.25) is 0 Å². The van der Waals surface area contributed by atoms with Gasteiger partial charge in [-0.25, -0.2) is 9.78 Å². The fourth-order valence-electron chi connectivity index (χ4n) is 2.75. The quantitative estimate of drug-likeness (QED) is 0.796. The van der Waals surface area contributed by atoms with Gasteiger partial charge in [-0.2, -0.15) is 0 Å². The first kappa shape index (κ1) is 13.5. The molecule has 0 aromatic carbocycles. The summed E-state index contributed by atoms with van der Waals surface area (Å²) in [5, 5.41) is 6.91. The van der Waals surface area contributed by atoms with Crippen LogP contribution in [0.5, 0.6) is 0 Å². The third-order valence-corrected chi connectivity index (χ3v) is 5.13. The molecule has 2 N–H and O–H groups in total. The van der Waals surface area contributed by atoms with E-state index < -0.39 is 5.54 Å². The number of piperidine rings is 1. The molecular weight excluding hydrogens is 276 g/mol. The topological polar surface area (TPSA) is 74.3 Å². The zero-order valence-electron chi connectivity index (χ0n) is 11.7. The predicted octanol–water partition coefficient (Wildman–Crippen LogP) is 0.934. The molecule has 2 aliphatic rings. The first-order valence-electron chi connectivity index (χ1n) is 6.79. The number of aryl methyl sites for hydroxylation is 2. The van der Waals surface area contributed by atoms with Gasteiger partial charge in [0.05, 0.1) is 12.2 Å². The third kappa shape index (κ3) is 2.10. The number of rotatable bonds is 2. The Kier molecular flexibility index (Phi) is 3.25. The summed E-state index contributed by atoms with van der Waals surface area (Å²) in [6.45, 7) is 5.73. The lowest BCUT2D eigenvalue weighted by Gasteiger charge is -2.30. The Morgan fingerprint density at radius 3 is 2.60 bits per heavy atom. The Labute approximate surface area is 121 Å². The zero-order chi connectivity index (χ0) is 14.3. The van der Waals surface area contributed by atoms with E-state index in [4.69, 9.17) is 0 Å². The van der Waals surface area contributed by atoms with Gasteiger partial charge in [0, 0.05) is 4.88 Å². The number of imide groups is 1. The standard InChI is InChI=1S/C13H18N4O2S/c1-8-9(2)20-10(15-8)7-17-11(18)13(16-12(17)19)3-5-14-6-4-13/h14H,3-7H2,1-2H3,(H,16,19). The van der Waals surface area contributed by atoms with Gasteiger partial charge in [-0.3, -0.25) is 9.69 Å². The van der Waals surface area contributed by atoms with Crippen LogP contribution in [0, 0.1) is 13.8 Å². The second kappa shape index (κ2) is 4.82. The van der Waals surface area contributed by atoms with Crippen molar-refractivity contribution in [3.05, 3.63) is 15.6 Å². The SMILES string of the molecule is Cc1nc(CN2C(=O)NC3(CCNCC3)C2=O)sc1C. The molecule has 1 aromatic rings. The van der Waals surface area contributed by atoms with Gasteiger partial charge in [-0.05, 0) is 39.8 Å². The summed E-state index contributed by atoms with van der Waals surface area (Å²) >= 11 is 1.54. The molecular formula is C13H18N4O2S. The molecule has 0 aliphatic carbocycles. The average Bonchev–Trinajstić information content (AvgIpc) is 2.84. The second-order valence-electron chi connectivity index (χ2n) is 5.40. The van der Waals surface area contributed by atoms with Crippen molar-refractivity contribution >= 4 is 23.3 Å². The first-order chi connectivity index (χ1) is 9.52. The molecule has 3 heterocycles. The molecule has 0 bridgehead atoms. The fourth-order valence-corrected chi connectivity index (χ4v) is 3.68. The number of aromatic nitrogens is 1. The van der Waals surface area contributed by atoms with E-state index in [2.05, 4.69) is 15.6 Å². The number of carbonyl (C=O) groups is 2. The third-order valence-electron chi connectivity index (χ3n) is 4.07. The Bertz CT molecular complexity index is 543. The summed E-state index contributed by atoms with van der Waals surface area (Å²) in [5.41, 5.74) is 0.276. The molecule has 1 aromatic heterocycles.